The fraction of sp³-hybridized carbons (Fsp3) is 0.520. The van der Waals surface area contributed by atoms with Crippen LogP contribution in [0.1, 0.15) is 39.3 Å². The Kier molecular flexibility index (Phi) is 8.55. The second-order valence-corrected chi connectivity index (χ2v) is 9.92. The number of hydrogen-bond donors (Lipinski definition) is 2. The van der Waals surface area contributed by atoms with Crippen LogP contribution < -0.4 is 10.2 Å². The molecular formula is C25H34N4O4S. The second-order valence-electron chi connectivity index (χ2n) is 8.97. The molecule has 2 N–H and O–H groups in total. The largest absolute Gasteiger partial charge is 0.478 e. The van der Waals surface area contributed by atoms with Crippen LogP contribution in [0.15, 0.2) is 35.7 Å². The van der Waals surface area contributed by atoms with E-state index < -0.39 is 5.97 Å². The Hall–Kier alpha value is -2.46. The number of thiophene rings is 1. The highest BCUT2D eigenvalue weighted by Crippen LogP contribution is 2.29. The molecule has 2 saturated heterocycles. The van der Waals surface area contributed by atoms with Crippen molar-refractivity contribution in [1.29, 1.82) is 0 Å². The molecule has 3 heterocycles. The van der Waals surface area contributed by atoms with Crippen LogP contribution in [0, 0.1) is 0 Å². The zero-order valence-corrected chi connectivity index (χ0v) is 20.6. The van der Waals surface area contributed by atoms with Crippen molar-refractivity contribution in [2.24, 2.45) is 0 Å². The Morgan fingerprint density at radius 3 is 2.62 bits per heavy atom. The monoisotopic (exact) mass is 486 g/mol. The van der Waals surface area contributed by atoms with Crippen LogP contribution in [0.5, 0.6) is 0 Å². The van der Waals surface area contributed by atoms with E-state index in [9.17, 15) is 14.7 Å². The molecular weight excluding hydrogens is 452 g/mol. The average molecular weight is 487 g/mol. The first-order valence-electron chi connectivity index (χ1n) is 12.0. The molecule has 0 spiro atoms. The van der Waals surface area contributed by atoms with Crippen molar-refractivity contribution in [2.45, 2.75) is 25.3 Å². The summed E-state index contributed by atoms with van der Waals surface area (Å²) >= 11 is 1.35. The number of rotatable bonds is 9. The van der Waals surface area contributed by atoms with Gasteiger partial charge in [-0.15, -0.1) is 11.3 Å². The van der Waals surface area contributed by atoms with E-state index in [0.717, 1.165) is 77.4 Å². The van der Waals surface area contributed by atoms with Gasteiger partial charge in [-0.05, 0) is 69.0 Å². The minimum Gasteiger partial charge on any atom is -0.478 e. The Morgan fingerprint density at radius 2 is 1.94 bits per heavy atom. The van der Waals surface area contributed by atoms with Crippen LogP contribution in [0.2, 0.25) is 0 Å². The molecule has 2 aliphatic rings. The molecule has 1 aromatic heterocycles. The van der Waals surface area contributed by atoms with Crippen molar-refractivity contribution < 1.29 is 19.4 Å². The van der Waals surface area contributed by atoms with Gasteiger partial charge in [-0.3, -0.25) is 9.69 Å². The standard InChI is InChI=1S/C25H34N4O4S/c1-27(9-3-10-28-13-15-33-16-14-28)20-7-11-29(12-8-20)22-6-5-19(18-21(22)25(31)32)26-24(30)23-4-2-17-34-23/h2,4-6,17-18,20H,3,7-16H2,1H3,(H,26,30)(H,31,32). The van der Waals surface area contributed by atoms with E-state index in [1.165, 1.54) is 11.3 Å². The molecule has 0 atom stereocenters. The van der Waals surface area contributed by atoms with Crippen molar-refractivity contribution >= 4 is 34.6 Å². The third kappa shape index (κ3) is 6.35. The third-order valence-electron chi connectivity index (χ3n) is 6.75. The number of carbonyl (C=O) groups is 2. The van der Waals surface area contributed by atoms with Crippen molar-refractivity contribution in [3.8, 4) is 0 Å². The van der Waals surface area contributed by atoms with Gasteiger partial charge in [0, 0.05) is 37.9 Å². The van der Waals surface area contributed by atoms with Crippen LogP contribution in [0.3, 0.4) is 0 Å². The second kappa shape index (κ2) is 11.8. The maximum atomic E-state index is 12.3. The fourth-order valence-electron chi connectivity index (χ4n) is 4.76. The number of benzene rings is 1. The van der Waals surface area contributed by atoms with Gasteiger partial charge in [-0.1, -0.05) is 6.07 Å². The highest BCUT2D eigenvalue weighted by atomic mass is 32.1. The lowest BCUT2D eigenvalue weighted by Crippen LogP contribution is -2.44. The fourth-order valence-corrected chi connectivity index (χ4v) is 5.38. The lowest BCUT2D eigenvalue weighted by atomic mass is 10.0. The summed E-state index contributed by atoms with van der Waals surface area (Å²) in [4.78, 5) is 32.0. The number of morpholine rings is 1. The summed E-state index contributed by atoms with van der Waals surface area (Å²) in [7, 11) is 2.20. The molecule has 184 valence electrons. The molecule has 1 aromatic carbocycles. The molecule has 1 amide bonds. The zero-order valence-electron chi connectivity index (χ0n) is 19.7. The smallest absolute Gasteiger partial charge is 0.337 e. The minimum atomic E-state index is -0.982. The maximum absolute atomic E-state index is 12.3. The number of anilines is 2. The Bertz CT molecular complexity index is 954. The van der Waals surface area contributed by atoms with Gasteiger partial charge >= 0.3 is 5.97 Å². The van der Waals surface area contributed by atoms with Crippen molar-refractivity contribution in [3.63, 3.8) is 0 Å². The summed E-state index contributed by atoms with van der Waals surface area (Å²) in [5, 5.41) is 14.5. The minimum absolute atomic E-state index is 0.223. The Morgan fingerprint density at radius 1 is 1.18 bits per heavy atom. The van der Waals surface area contributed by atoms with Gasteiger partial charge in [-0.25, -0.2) is 4.79 Å². The van der Waals surface area contributed by atoms with Crippen LogP contribution in [0.4, 0.5) is 11.4 Å². The van der Waals surface area contributed by atoms with Crippen LogP contribution in [-0.4, -0.2) is 92.4 Å². The van der Waals surface area contributed by atoms with Gasteiger partial charge in [0.25, 0.3) is 5.91 Å². The first kappa shape index (κ1) is 24.7. The molecule has 0 unspecified atom stereocenters. The quantitative estimate of drug-likeness (QED) is 0.562. The summed E-state index contributed by atoms with van der Waals surface area (Å²) in [5.41, 5.74) is 1.44. The molecule has 0 bridgehead atoms. The molecule has 2 aliphatic heterocycles. The molecule has 0 aliphatic carbocycles. The van der Waals surface area contributed by atoms with Crippen molar-refractivity contribution in [2.75, 3.05) is 69.7 Å². The van der Waals surface area contributed by atoms with Gasteiger partial charge in [0.1, 0.15) is 0 Å². The molecule has 2 fully saturated rings. The average Bonchev–Trinajstić information content (AvgIpc) is 3.40. The highest BCUT2D eigenvalue weighted by Gasteiger charge is 2.25. The number of nitrogens with one attached hydrogen (secondary N) is 1. The van der Waals surface area contributed by atoms with E-state index in [0.29, 0.717) is 16.6 Å². The van der Waals surface area contributed by atoms with E-state index in [1.54, 1.807) is 18.2 Å². The highest BCUT2D eigenvalue weighted by molar-refractivity contribution is 7.12. The first-order valence-corrected chi connectivity index (χ1v) is 12.9. The van der Waals surface area contributed by atoms with E-state index >= 15 is 0 Å². The predicted molar refractivity (Wildman–Crippen MR) is 135 cm³/mol. The number of nitrogens with zero attached hydrogens (tertiary/aromatic N) is 3. The topological polar surface area (TPSA) is 85.4 Å². The zero-order chi connectivity index (χ0) is 23.9. The van der Waals surface area contributed by atoms with Gasteiger partial charge in [0.05, 0.1) is 29.3 Å². The van der Waals surface area contributed by atoms with Crippen LogP contribution in [0.25, 0.3) is 0 Å². The molecule has 9 heteroatoms. The summed E-state index contributed by atoms with van der Waals surface area (Å²) in [6, 6.07) is 9.25. The third-order valence-corrected chi connectivity index (χ3v) is 7.62. The number of carboxylic acid groups (broad SMARTS) is 1. The van der Waals surface area contributed by atoms with E-state index in [2.05, 4.69) is 27.1 Å². The molecule has 0 saturated carbocycles. The van der Waals surface area contributed by atoms with Crippen LogP contribution >= 0.6 is 11.3 Å². The number of carboxylic acids is 1. The lowest BCUT2D eigenvalue weighted by Gasteiger charge is -2.38. The van der Waals surface area contributed by atoms with E-state index in [-0.39, 0.29) is 11.5 Å². The summed E-state index contributed by atoms with van der Waals surface area (Å²) in [6.07, 6.45) is 3.16. The number of aromatic carboxylic acids is 1. The normalized spacial score (nSPS) is 17.8. The predicted octanol–water partition coefficient (Wildman–Crippen LogP) is 3.32. The van der Waals surface area contributed by atoms with E-state index in [1.807, 2.05) is 17.5 Å². The molecule has 34 heavy (non-hydrogen) atoms. The Labute approximate surface area is 205 Å². The SMILES string of the molecule is CN(CCCN1CCOCC1)C1CCN(c2ccc(NC(=O)c3cccs3)cc2C(=O)O)CC1. The lowest BCUT2D eigenvalue weighted by molar-refractivity contribution is 0.0357. The van der Waals surface area contributed by atoms with Crippen molar-refractivity contribution in [1.82, 2.24) is 9.80 Å². The number of amides is 1. The summed E-state index contributed by atoms with van der Waals surface area (Å²) < 4.78 is 5.42. The van der Waals surface area contributed by atoms with Gasteiger partial charge < -0.3 is 25.0 Å². The van der Waals surface area contributed by atoms with Gasteiger partial charge in [-0.2, -0.15) is 0 Å². The summed E-state index contributed by atoms with van der Waals surface area (Å²) in [6.45, 7) is 7.57. The number of carbonyl (C=O) groups excluding carboxylic acids is 1. The molecule has 4 rings (SSSR count). The maximum Gasteiger partial charge on any atom is 0.337 e. The first-order chi connectivity index (χ1) is 16.5. The van der Waals surface area contributed by atoms with Crippen molar-refractivity contribution in [3.05, 3.63) is 46.2 Å². The number of piperidine rings is 1. The number of ether oxygens (including phenoxy) is 1. The van der Waals surface area contributed by atoms with Gasteiger partial charge in [0.2, 0.25) is 0 Å². The Balaban J connectivity index is 1.30. The van der Waals surface area contributed by atoms with E-state index in [4.69, 9.17) is 4.74 Å². The van der Waals surface area contributed by atoms with Gasteiger partial charge in [0.15, 0.2) is 0 Å². The summed E-state index contributed by atoms with van der Waals surface area (Å²) in [5.74, 6) is -1.21. The number of hydrogen-bond acceptors (Lipinski definition) is 7. The molecule has 2 aromatic rings. The molecule has 0 radical (unpaired) electrons. The molecule has 8 nitrogen and oxygen atoms in total. The van der Waals surface area contributed by atoms with Crippen LogP contribution in [-0.2, 0) is 4.74 Å².